The molecule has 0 unspecified atom stereocenters. The maximum Gasteiger partial charge on any atom is 0.490 e. The molecule has 11 nitrogen and oxygen atoms in total. The highest BCUT2D eigenvalue weighted by atomic mass is 19.4. The molecule has 0 atom stereocenters. The number of halogens is 3. The molecule has 1 aliphatic carbocycles. The van der Waals surface area contributed by atoms with Crippen LogP contribution >= 0.6 is 0 Å². The molecular formula is C31H33F3N4O7. The summed E-state index contributed by atoms with van der Waals surface area (Å²) >= 11 is 0. The van der Waals surface area contributed by atoms with Crippen LogP contribution in [-0.4, -0.2) is 56.1 Å². The van der Waals surface area contributed by atoms with E-state index >= 15 is 0 Å². The SMILES string of the molecule is CC1=NOC2(CCC(CC(=O)NO)(NC(=O)c3ccc(OCc4cc(C)nc5ccccc45)cc3)CC2)C1.O=C(O)C(F)(F)F. The van der Waals surface area contributed by atoms with E-state index in [1.165, 1.54) is 0 Å². The second-order valence-corrected chi connectivity index (χ2v) is 11.3. The van der Waals surface area contributed by atoms with Gasteiger partial charge in [0.15, 0.2) is 0 Å². The number of carbonyl (C=O) groups is 3. The van der Waals surface area contributed by atoms with Gasteiger partial charge in [-0.05, 0) is 75.9 Å². The lowest BCUT2D eigenvalue weighted by Crippen LogP contribution is -2.55. The molecule has 2 aromatic carbocycles. The topological polar surface area (TPSA) is 159 Å². The van der Waals surface area contributed by atoms with Crippen LogP contribution in [0.4, 0.5) is 13.2 Å². The van der Waals surface area contributed by atoms with Crippen LogP contribution in [0.2, 0.25) is 0 Å². The number of oxime groups is 1. The van der Waals surface area contributed by atoms with Crippen LogP contribution < -0.4 is 15.5 Å². The maximum absolute atomic E-state index is 13.2. The van der Waals surface area contributed by atoms with E-state index in [1.54, 1.807) is 29.7 Å². The van der Waals surface area contributed by atoms with Gasteiger partial charge in [0.1, 0.15) is 18.0 Å². The highest BCUT2D eigenvalue weighted by Crippen LogP contribution is 2.43. The van der Waals surface area contributed by atoms with Crippen LogP contribution in [0.15, 0.2) is 59.8 Å². The van der Waals surface area contributed by atoms with Gasteiger partial charge >= 0.3 is 12.1 Å². The molecule has 1 spiro atoms. The average molecular weight is 631 g/mol. The Morgan fingerprint density at radius 3 is 2.24 bits per heavy atom. The van der Waals surface area contributed by atoms with Gasteiger partial charge in [0.2, 0.25) is 5.91 Å². The zero-order valence-electron chi connectivity index (χ0n) is 24.6. The lowest BCUT2D eigenvalue weighted by molar-refractivity contribution is -0.192. The monoisotopic (exact) mass is 630 g/mol. The van der Waals surface area contributed by atoms with Crippen LogP contribution in [0.3, 0.4) is 0 Å². The first-order chi connectivity index (χ1) is 21.2. The molecule has 240 valence electrons. The molecule has 2 aliphatic rings. The predicted molar refractivity (Wildman–Crippen MR) is 156 cm³/mol. The highest BCUT2D eigenvalue weighted by Gasteiger charge is 2.48. The summed E-state index contributed by atoms with van der Waals surface area (Å²) in [4.78, 5) is 44.5. The first kappa shape index (κ1) is 33.2. The average Bonchev–Trinajstić information content (AvgIpc) is 3.37. The Morgan fingerprint density at radius 1 is 1.02 bits per heavy atom. The molecule has 0 radical (unpaired) electrons. The zero-order valence-corrected chi connectivity index (χ0v) is 24.6. The summed E-state index contributed by atoms with van der Waals surface area (Å²) in [7, 11) is 0. The number of pyridine rings is 1. The Kier molecular flexibility index (Phi) is 9.96. The van der Waals surface area contributed by atoms with Crippen molar-refractivity contribution < 1.29 is 47.4 Å². The lowest BCUT2D eigenvalue weighted by Gasteiger charge is -2.43. The molecule has 0 bridgehead atoms. The van der Waals surface area contributed by atoms with Crippen molar-refractivity contribution in [2.45, 2.75) is 76.3 Å². The fourth-order valence-corrected chi connectivity index (χ4v) is 5.54. The molecule has 4 N–H and O–H groups in total. The van der Waals surface area contributed by atoms with Crippen LogP contribution in [0.1, 0.15) is 67.1 Å². The number of alkyl halides is 3. The number of hydrogen-bond acceptors (Lipinski definition) is 8. The van der Waals surface area contributed by atoms with E-state index in [0.29, 0.717) is 43.6 Å². The fourth-order valence-electron chi connectivity index (χ4n) is 5.54. The van der Waals surface area contributed by atoms with Gasteiger partial charge in [-0.25, -0.2) is 10.3 Å². The quantitative estimate of drug-likeness (QED) is 0.204. The molecule has 3 aromatic rings. The molecule has 1 fully saturated rings. The number of aryl methyl sites for hydroxylation is 1. The number of carbonyl (C=O) groups excluding carboxylic acids is 2. The summed E-state index contributed by atoms with van der Waals surface area (Å²) in [5, 5.41) is 24.5. The number of aliphatic carboxylic acids is 1. The van der Waals surface area contributed by atoms with E-state index in [9.17, 15) is 22.8 Å². The number of fused-ring (bicyclic) bond motifs is 1. The first-order valence-corrected chi connectivity index (χ1v) is 14.1. The molecule has 14 heteroatoms. The van der Waals surface area contributed by atoms with Crippen molar-refractivity contribution in [1.29, 1.82) is 0 Å². The minimum atomic E-state index is -5.08. The van der Waals surface area contributed by atoms with Gasteiger partial charge in [-0.3, -0.25) is 19.8 Å². The largest absolute Gasteiger partial charge is 0.490 e. The lowest BCUT2D eigenvalue weighted by atomic mass is 9.71. The van der Waals surface area contributed by atoms with Crippen molar-refractivity contribution in [3.8, 4) is 5.75 Å². The number of nitrogens with zero attached hydrogens (tertiary/aromatic N) is 2. The van der Waals surface area contributed by atoms with Crippen LogP contribution in [0.5, 0.6) is 5.75 Å². The molecule has 2 heterocycles. The van der Waals surface area contributed by atoms with E-state index < -0.39 is 23.6 Å². The second-order valence-electron chi connectivity index (χ2n) is 11.3. The standard InChI is InChI=1S/C29H32N4O5.C2HF3O2/c1-19-15-22(24-5-3-4-6-25(24)30-19)18-37-23-9-7-21(8-10-23)27(35)31-28(17-26(34)32-36)11-13-29(14-12-28)16-20(2)33-38-29;3-2(4,5)1(6)7/h3-10,15,36H,11-14,16-18H2,1-2H3,(H,31,35)(H,32,34);(H,6,7). The minimum Gasteiger partial charge on any atom is -0.489 e. The number of hydrogen-bond donors (Lipinski definition) is 4. The fraction of sp³-hybridized carbons (Fsp3) is 0.387. The van der Waals surface area contributed by atoms with Crippen LogP contribution in [0, 0.1) is 6.92 Å². The third kappa shape index (κ3) is 8.47. The van der Waals surface area contributed by atoms with Crippen molar-refractivity contribution >= 4 is 34.4 Å². The van der Waals surface area contributed by atoms with Gasteiger partial charge in [0, 0.05) is 34.2 Å². The molecule has 2 amide bonds. The highest BCUT2D eigenvalue weighted by molar-refractivity contribution is 5.95. The van der Waals surface area contributed by atoms with Gasteiger partial charge in [-0.15, -0.1) is 0 Å². The van der Waals surface area contributed by atoms with Gasteiger partial charge in [0.25, 0.3) is 5.91 Å². The van der Waals surface area contributed by atoms with Crippen LogP contribution in [0.25, 0.3) is 10.9 Å². The van der Waals surface area contributed by atoms with E-state index in [0.717, 1.165) is 34.3 Å². The Hall–Kier alpha value is -4.72. The minimum absolute atomic E-state index is 0.0222. The molecular weight excluding hydrogens is 597 g/mol. The number of hydroxylamine groups is 1. The van der Waals surface area contributed by atoms with Crippen molar-refractivity contribution in [3.63, 3.8) is 0 Å². The number of carboxylic acid groups (broad SMARTS) is 1. The molecule has 1 saturated carbocycles. The zero-order chi connectivity index (χ0) is 32.8. The summed E-state index contributed by atoms with van der Waals surface area (Å²) in [5.74, 6) is -2.94. The molecule has 45 heavy (non-hydrogen) atoms. The Labute approximate surface area is 256 Å². The maximum atomic E-state index is 13.2. The van der Waals surface area contributed by atoms with E-state index in [1.807, 2.05) is 44.2 Å². The molecule has 0 saturated heterocycles. The molecule has 1 aromatic heterocycles. The summed E-state index contributed by atoms with van der Waals surface area (Å²) in [6.07, 6.45) is -1.97. The smallest absolute Gasteiger partial charge is 0.489 e. The Bertz CT molecular complexity index is 1580. The van der Waals surface area contributed by atoms with E-state index in [4.69, 9.17) is 24.7 Å². The number of benzene rings is 2. The third-order valence-corrected chi connectivity index (χ3v) is 7.78. The summed E-state index contributed by atoms with van der Waals surface area (Å²) in [6, 6.07) is 16.9. The third-order valence-electron chi connectivity index (χ3n) is 7.78. The predicted octanol–water partition coefficient (Wildman–Crippen LogP) is 5.23. The summed E-state index contributed by atoms with van der Waals surface area (Å²) in [6.45, 7) is 4.27. The van der Waals surface area contributed by atoms with E-state index in [2.05, 4.69) is 15.5 Å². The normalized spacial score (nSPS) is 20.8. The van der Waals surface area contributed by atoms with Crippen molar-refractivity contribution in [2.75, 3.05) is 0 Å². The second kappa shape index (κ2) is 13.5. The first-order valence-electron chi connectivity index (χ1n) is 14.1. The Balaban J connectivity index is 0.000000591. The van der Waals surface area contributed by atoms with Gasteiger partial charge in [-0.1, -0.05) is 23.4 Å². The number of ether oxygens (including phenoxy) is 1. The number of para-hydroxylation sites is 1. The van der Waals surface area contributed by atoms with Crippen molar-refractivity contribution in [1.82, 2.24) is 15.8 Å². The number of rotatable bonds is 7. The van der Waals surface area contributed by atoms with Crippen LogP contribution in [-0.2, 0) is 21.0 Å². The Morgan fingerprint density at radius 2 is 1.67 bits per heavy atom. The van der Waals surface area contributed by atoms with Gasteiger partial charge in [0.05, 0.1) is 17.6 Å². The van der Waals surface area contributed by atoms with Gasteiger partial charge in [-0.2, -0.15) is 13.2 Å². The number of carboxylic acids is 1. The molecule has 5 rings (SSSR count). The van der Waals surface area contributed by atoms with Gasteiger partial charge < -0.3 is 20.0 Å². The number of nitrogens with one attached hydrogen (secondary N) is 2. The van der Waals surface area contributed by atoms with Crippen molar-refractivity contribution in [3.05, 3.63) is 71.4 Å². The van der Waals surface area contributed by atoms with Crippen molar-refractivity contribution in [2.24, 2.45) is 5.16 Å². The number of amides is 2. The van der Waals surface area contributed by atoms with E-state index in [-0.39, 0.29) is 17.9 Å². The molecule has 1 aliphatic heterocycles. The number of aromatic nitrogens is 1. The summed E-state index contributed by atoms with van der Waals surface area (Å²) in [5.41, 5.74) is 4.85. The summed E-state index contributed by atoms with van der Waals surface area (Å²) < 4.78 is 37.8.